The van der Waals surface area contributed by atoms with Crippen LogP contribution in [0.4, 0.5) is 0 Å². The Hall–Kier alpha value is -1.50. The van der Waals surface area contributed by atoms with Crippen LogP contribution >= 0.6 is 0 Å². The highest BCUT2D eigenvalue weighted by Gasteiger charge is 1.89. The molecule has 1 aromatic rings. The molecule has 0 fully saturated rings. The Balaban J connectivity index is 2.60. The molecule has 0 aliphatic heterocycles. The van der Waals surface area contributed by atoms with E-state index in [4.69, 9.17) is 4.74 Å². The third-order valence-corrected chi connectivity index (χ3v) is 1.60. The lowest BCUT2D eigenvalue weighted by Gasteiger charge is -2.02. The van der Waals surface area contributed by atoms with Crippen LogP contribution in [0, 0.1) is 0 Å². The van der Waals surface area contributed by atoms with Crippen molar-refractivity contribution in [3.63, 3.8) is 0 Å². The van der Waals surface area contributed by atoms with Crippen molar-refractivity contribution >= 4 is 6.08 Å². The van der Waals surface area contributed by atoms with E-state index in [1.807, 2.05) is 43.3 Å². The zero-order chi connectivity index (χ0) is 9.52. The molecular formula is C12H14O. The van der Waals surface area contributed by atoms with Gasteiger partial charge in [-0.05, 0) is 18.6 Å². The maximum absolute atomic E-state index is 5.34. The highest BCUT2D eigenvalue weighted by atomic mass is 16.5. The van der Waals surface area contributed by atoms with Gasteiger partial charge in [0.15, 0.2) is 0 Å². The Labute approximate surface area is 79.4 Å². The molecule has 1 rings (SSSR count). The van der Waals surface area contributed by atoms with Crippen LogP contribution in [-0.4, -0.2) is 6.61 Å². The van der Waals surface area contributed by atoms with Gasteiger partial charge in [0.1, 0.15) is 6.61 Å². The summed E-state index contributed by atoms with van der Waals surface area (Å²) in [5.41, 5.74) is 1.16. The standard InChI is InChI=1S/C12H14O/c1-3-9-13-11(2)10-12-7-5-4-6-8-12/h3-8,10H,1,9H2,2H3/b11-10+. The van der Waals surface area contributed by atoms with Crippen molar-refractivity contribution in [1.29, 1.82) is 0 Å². The van der Waals surface area contributed by atoms with E-state index in [0.717, 1.165) is 11.3 Å². The van der Waals surface area contributed by atoms with Crippen molar-refractivity contribution in [1.82, 2.24) is 0 Å². The molecule has 1 aromatic carbocycles. The third kappa shape index (κ3) is 3.61. The van der Waals surface area contributed by atoms with Gasteiger partial charge in [-0.25, -0.2) is 0 Å². The number of rotatable bonds is 4. The molecule has 68 valence electrons. The SMILES string of the molecule is C=CCO/C(C)=C/c1ccccc1. The summed E-state index contributed by atoms with van der Waals surface area (Å²) in [4.78, 5) is 0. The second kappa shape index (κ2) is 5.20. The van der Waals surface area contributed by atoms with Crippen LogP contribution < -0.4 is 0 Å². The summed E-state index contributed by atoms with van der Waals surface area (Å²) >= 11 is 0. The summed E-state index contributed by atoms with van der Waals surface area (Å²) in [6.07, 6.45) is 3.74. The molecule has 0 saturated carbocycles. The van der Waals surface area contributed by atoms with Crippen LogP contribution in [-0.2, 0) is 4.74 Å². The highest BCUT2D eigenvalue weighted by Crippen LogP contribution is 2.06. The number of benzene rings is 1. The monoisotopic (exact) mass is 174 g/mol. The summed E-state index contributed by atoms with van der Waals surface area (Å²) in [5.74, 6) is 0.908. The lowest BCUT2D eigenvalue weighted by atomic mass is 10.2. The number of ether oxygens (including phenoxy) is 1. The summed E-state index contributed by atoms with van der Waals surface area (Å²) in [7, 11) is 0. The molecular weight excluding hydrogens is 160 g/mol. The largest absolute Gasteiger partial charge is 0.494 e. The fourth-order valence-corrected chi connectivity index (χ4v) is 1.02. The predicted octanol–water partition coefficient (Wildman–Crippen LogP) is 3.25. The van der Waals surface area contributed by atoms with E-state index in [1.54, 1.807) is 6.08 Å². The zero-order valence-corrected chi connectivity index (χ0v) is 7.86. The first-order chi connectivity index (χ1) is 6.33. The van der Waals surface area contributed by atoms with Crippen molar-refractivity contribution < 1.29 is 4.74 Å². The van der Waals surface area contributed by atoms with Crippen molar-refractivity contribution in [3.05, 3.63) is 54.3 Å². The second-order valence-electron chi connectivity index (χ2n) is 2.77. The first-order valence-corrected chi connectivity index (χ1v) is 4.30. The van der Waals surface area contributed by atoms with E-state index < -0.39 is 0 Å². The normalized spacial score (nSPS) is 11.0. The van der Waals surface area contributed by atoms with Crippen LogP contribution in [0.15, 0.2) is 48.7 Å². The molecule has 0 aliphatic carbocycles. The fourth-order valence-electron chi connectivity index (χ4n) is 1.02. The molecule has 0 aromatic heterocycles. The fraction of sp³-hybridized carbons (Fsp3) is 0.167. The van der Waals surface area contributed by atoms with Crippen LogP contribution in [0.2, 0.25) is 0 Å². The lowest BCUT2D eigenvalue weighted by molar-refractivity contribution is 0.253. The summed E-state index contributed by atoms with van der Waals surface area (Å²) in [5, 5.41) is 0. The molecule has 0 aliphatic rings. The van der Waals surface area contributed by atoms with Gasteiger partial charge in [0.2, 0.25) is 0 Å². The lowest BCUT2D eigenvalue weighted by Crippen LogP contribution is -1.87. The Morgan fingerprint density at radius 3 is 2.69 bits per heavy atom. The smallest absolute Gasteiger partial charge is 0.106 e. The van der Waals surface area contributed by atoms with Gasteiger partial charge in [-0.3, -0.25) is 0 Å². The zero-order valence-electron chi connectivity index (χ0n) is 7.86. The first-order valence-electron chi connectivity index (χ1n) is 4.30. The minimum Gasteiger partial charge on any atom is -0.494 e. The second-order valence-corrected chi connectivity index (χ2v) is 2.77. The molecule has 0 atom stereocenters. The molecule has 0 N–H and O–H groups in total. The van der Waals surface area contributed by atoms with E-state index in [9.17, 15) is 0 Å². The maximum Gasteiger partial charge on any atom is 0.106 e. The number of hydrogen-bond acceptors (Lipinski definition) is 1. The summed E-state index contributed by atoms with van der Waals surface area (Å²) in [6.45, 7) is 6.09. The molecule has 0 bridgehead atoms. The van der Waals surface area contributed by atoms with Crippen molar-refractivity contribution in [3.8, 4) is 0 Å². The van der Waals surface area contributed by atoms with Gasteiger partial charge in [0.25, 0.3) is 0 Å². The van der Waals surface area contributed by atoms with Gasteiger partial charge in [0, 0.05) is 0 Å². The summed E-state index contributed by atoms with van der Waals surface area (Å²) < 4.78 is 5.34. The van der Waals surface area contributed by atoms with Crippen LogP contribution in [0.1, 0.15) is 12.5 Å². The van der Waals surface area contributed by atoms with Crippen LogP contribution in [0.5, 0.6) is 0 Å². The van der Waals surface area contributed by atoms with Crippen molar-refractivity contribution in [2.24, 2.45) is 0 Å². The van der Waals surface area contributed by atoms with Crippen molar-refractivity contribution in [2.75, 3.05) is 6.61 Å². The minimum absolute atomic E-state index is 0.565. The molecule has 0 heterocycles. The van der Waals surface area contributed by atoms with E-state index in [1.165, 1.54) is 0 Å². The van der Waals surface area contributed by atoms with E-state index in [2.05, 4.69) is 6.58 Å². The quantitative estimate of drug-likeness (QED) is 0.503. The number of allylic oxidation sites excluding steroid dienone is 1. The van der Waals surface area contributed by atoms with E-state index >= 15 is 0 Å². The first kappa shape index (κ1) is 9.59. The van der Waals surface area contributed by atoms with Gasteiger partial charge in [-0.15, -0.1) is 0 Å². The Kier molecular flexibility index (Phi) is 3.83. The topological polar surface area (TPSA) is 9.23 Å². The molecule has 0 spiro atoms. The molecule has 0 saturated heterocycles. The molecule has 1 nitrogen and oxygen atoms in total. The predicted molar refractivity (Wildman–Crippen MR) is 56.2 cm³/mol. The van der Waals surface area contributed by atoms with E-state index in [-0.39, 0.29) is 0 Å². The highest BCUT2D eigenvalue weighted by molar-refractivity contribution is 5.50. The molecule has 0 amide bonds. The average molecular weight is 174 g/mol. The van der Waals surface area contributed by atoms with Crippen LogP contribution in [0.25, 0.3) is 6.08 Å². The van der Waals surface area contributed by atoms with Gasteiger partial charge >= 0.3 is 0 Å². The Morgan fingerprint density at radius 1 is 1.38 bits per heavy atom. The van der Waals surface area contributed by atoms with Gasteiger partial charge in [-0.2, -0.15) is 0 Å². The molecule has 13 heavy (non-hydrogen) atoms. The van der Waals surface area contributed by atoms with Gasteiger partial charge in [-0.1, -0.05) is 43.0 Å². The Bertz CT molecular complexity index is 285. The Morgan fingerprint density at radius 2 is 2.08 bits per heavy atom. The van der Waals surface area contributed by atoms with Crippen LogP contribution in [0.3, 0.4) is 0 Å². The van der Waals surface area contributed by atoms with Gasteiger partial charge < -0.3 is 4.74 Å². The van der Waals surface area contributed by atoms with Gasteiger partial charge in [0.05, 0.1) is 5.76 Å². The minimum atomic E-state index is 0.565. The van der Waals surface area contributed by atoms with Crippen molar-refractivity contribution in [2.45, 2.75) is 6.92 Å². The summed E-state index contributed by atoms with van der Waals surface area (Å²) in [6, 6.07) is 10.1. The molecule has 0 unspecified atom stereocenters. The molecule has 1 heteroatoms. The van der Waals surface area contributed by atoms with E-state index in [0.29, 0.717) is 6.61 Å². The molecule has 0 radical (unpaired) electrons. The third-order valence-electron chi connectivity index (χ3n) is 1.60. The average Bonchev–Trinajstić information content (AvgIpc) is 2.16. The maximum atomic E-state index is 5.34. The number of hydrogen-bond donors (Lipinski definition) is 0.